The summed E-state index contributed by atoms with van der Waals surface area (Å²) in [6.45, 7) is 10.9. The summed E-state index contributed by atoms with van der Waals surface area (Å²) in [5.41, 5.74) is -0.485. The van der Waals surface area contributed by atoms with Crippen LogP contribution in [0, 0.1) is 11.8 Å². The van der Waals surface area contributed by atoms with Crippen LogP contribution in [0.5, 0.6) is 0 Å². The van der Waals surface area contributed by atoms with Gasteiger partial charge in [0.1, 0.15) is 17.7 Å². The predicted octanol–water partition coefficient (Wildman–Crippen LogP) is 4.47. The molecule has 3 amide bonds. The zero-order chi connectivity index (χ0) is 34.0. The summed E-state index contributed by atoms with van der Waals surface area (Å²) in [6.07, 6.45) is 7.82. The number of fused-ring (bicyclic) bond motifs is 1. The number of nitrogens with zero attached hydrogens (tertiary/aromatic N) is 2. The number of aliphatic hydroxyl groups is 1. The quantitative estimate of drug-likeness (QED) is 0.0884. The van der Waals surface area contributed by atoms with Crippen molar-refractivity contribution in [3.05, 3.63) is 61.2 Å². The maximum atomic E-state index is 14.5. The molecule has 0 radical (unpaired) electrons. The number of amides is 3. The number of aliphatic hydroxyl groups excluding tert-OH is 1. The monoisotopic (exact) mass is 715 g/mol. The highest BCUT2D eigenvalue weighted by Crippen LogP contribution is 2.60. The molecular weight excluding hydrogens is 666 g/mol. The second-order valence-corrected chi connectivity index (χ2v) is 13.9. The van der Waals surface area contributed by atoms with Crippen molar-refractivity contribution in [3.8, 4) is 0 Å². The number of halogens is 1. The van der Waals surface area contributed by atoms with Crippen molar-refractivity contribution < 1.29 is 33.8 Å². The normalized spacial score (nSPS) is 26.5. The molecule has 0 saturated carbocycles. The van der Waals surface area contributed by atoms with Crippen molar-refractivity contribution in [1.82, 2.24) is 15.1 Å². The number of hydrogen-bond donors (Lipinski definition) is 2. The van der Waals surface area contributed by atoms with Gasteiger partial charge in [-0.3, -0.25) is 19.2 Å². The van der Waals surface area contributed by atoms with Crippen molar-refractivity contribution in [2.45, 2.75) is 93.4 Å². The van der Waals surface area contributed by atoms with Crippen molar-refractivity contribution in [3.63, 3.8) is 0 Å². The number of rotatable bonds is 20. The molecule has 3 aliphatic rings. The van der Waals surface area contributed by atoms with Crippen LogP contribution in [0.3, 0.4) is 0 Å². The number of carbonyl (C=O) groups excluding carboxylic acids is 4. The van der Waals surface area contributed by atoms with Crippen LogP contribution in [0.2, 0.25) is 0 Å². The number of benzene rings is 1. The molecule has 2 N–H and O–H groups in total. The minimum absolute atomic E-state index is 0.0503. The molecule has 1 spiro atoms. The molecule has 1 aromatic carbocycles. The fourth-order valence-corrected chi connectivity index (χ4v) is 8.25. The number of alkyl halides is 1. The van der Waals surface area contributed by atoms with E-state index in [9.17, 15) is 24.3 Å². The Kier molecular flexibility index (Phi) is 13.6. The van der Waals surface area contributed by atoms with E-state index in [0.717, 1.165) is 19.3 Å². The molecule has 3 saturated heterocycles. The lowest BCUT2D eigenvalue weighted by Gasteiger charge is -2.37. The van der Waals surface area contributed by atoms with Gasteiger partial charge >= 0.3 is 5.97 Å². The highest BCUT2D eigenvalue weighted by molar-refractivity contribution is 9.09. The first-order valence-corrected chi connectivity index (χ1v) is 17.9. The second-order valence-electron chi connectivity index (χ2n) is 12.7. The third kappa shape index (κ3) is 8.17. The number of likely N-dealkylation sites (tertiary alicyclic amines) is 1. The molecule has 0 aliphatic carbocycles. The first-order valence-electron chi connectivity index (χ1n) is 17.0. The number of esters is 1. The largest absolute Gasteiger partial charge is 0.455 e. The number of hydrogen-bond acceptors (Lipinski definition) is 7. The summed E-state index contributed by atoms with van der Waals surface area (Å²) in [4.78, 5) is 58.6. The van der Waals surface area contributed by atoms with Gasteiger partial charge in [-0.25, -0.2) is 0 Å². The molecule has 3 heterocycles. The van der Waals surface area contributed by atoms with E-state index >= 15 is 0 Å². The van der Waals surface area contributed by atoms with Gasteiger partial charge in [0.2, 0.25) is 17.7 Å². The highest BCUT2D eigenvalue weighted by atomic mass is 79.9. The topological polar surface area (TPSA) is 125 Å². The lowest BCUT2D eigenvalue weighted by atomic mass is 9.70. The summed E-state index contributed by atoms with van der Waals surface area (Å²) in [5.74, 6) is -3.07. The molecule has 11 heteroatoms. The first kappa shape index (κ1) is 36.8. The molecule has 258 valence electrons. The maximum Gasteiger partial charge on any atom is 0.313 e. The number of unbranched alkanes of at least 4 members (excludes halogenated alkanes) is 4. The van der Waals surface area contributed by atoms with Gasteiger partial charge in [0.25, 0.3) is 0 Å². The van der Waals surface area contributed by atoms with Crippen molar-refractivity contribution >= 4 is 39.6 Å². The van der Waals surface area contributed by atoms with Crippen LogP contribution in [0.25, 0.3) is 0 Å². The van der Waals surface area contributed by atoms with Crippen LogP contribution in [-0.2, 0) is 28.7 Å². The van der Waals surface area contributed by atoms with Gasteiger partial charge in [-0.05, 0) is 44.1 Å². The minimum atomic E-state index is -1.20. The van der Waals surface area contributed by atoms with Gasteiger partial charge in [-0.2, -0.15) is 0 Å². The van der Waals surface area contributed by atoms with E-state index in [1.165, 1.54) is 0 Å². The summed E-state index contributed by atoms with van der Waals surface area (Å²) >= 11 is 3.73. The molecule has 2 bridgehead atoms. The molecular formula is C36H50BrN3O7. The van der Waals surface area contributed by atoms with E-state index in [2.05, 4.69) is 41.3 Å². The second kappa shape index (κ2) is 17.4. The third-order valence-electron chi connectivity index (χ3n) is 9.54. The van der Waals surface area contributed by atoms with Gasteiger partial charge in [0.05, 0.1) is 24.5 Å². The minimum Gasteiger partial charge on any atom is -0.455 e. The zero-order valence-corrected chi connectivity index (χ0v) is 29.1. The van der Waals surface area contributed by atoms with Crippen LogP contribution in [0.4, 0.5) is 0 Å². The lowest BCUT2D eigenvalue weighted by Crippen LogP contribution is -2.57. The van der Waals surface area contributed by atoms with Crippen LogP contribution in [0.1, 0.15) is 76.4 Å². The molecule has 1 unspecified atom stereocenters. The van der Waals surface area contributed by atoms with E-state index in [1.54, 1.807) is 22.0 Å². The predicted molar refractivity (Wildman–Crippen MR) is 182 cm³/mol. The SMILES string of the molecule is C=CCCC(=O)NC[C@@H](OC(=O)[C@@H]1[C@H]2O[C@@]3(CC2Br)[C@H](C(=O)N(CC=C)CCCCC)N(CCCCCO)C(=O)[C@@H]13)c1ccccc1. The Morgan fingerprint density at radius 3 is 2.62 bits per heavy atom. The molecule has 0 aromatic heterocycles. The Balaban J connectivity index is 1.64. The van der Waals surface area contributed by atoms with Gasteiger partial charge in [0.15, 0.2) is 0 Å². The van der Waals surface area contributed by atoms with Crippen molar-refractivity contribution in [2.75, 3.05) is 32.8 Å². The summed E-state index contributed by atoms with van der Waals surface area (Å²) in [5, 5.41) is 12.2. The first-order chi connectivity index (χ1) is 22.7. The Morgan fingerprint density at radius 2 is 1.94 bits per heavy atom. The van der Waals surface area contributed by atoms with Gasteiger partial charge in [0, 0.05) is 37.5 Å². The number of nitrogens with one attached hydrogen (secondary N) is 1. The van der Waals surface area contributed by atoms with Crippen LogP contribution in [-0.4, -0.2) is 94.0 Å². The third-order valence-corrected chi connectivity index (χ3v) is 10.4. The van der Waals surface area contributed by atoms with Gasteiger partial charge < -0.3 is 29.7 Å². The zero-order valence-electron chi connectivity index (χ0n) is 27.5. The average Bonchev–Trinajstić information content (AvgIpc) is 3.66. The maximum absolute atomic E-state index is 14.5. The fraction of sp³-hybridized carbons (Fsp3) is 0.611. The van der Waals surface area contributed by atoms with Crippen LogP contribution >= 0.6 is 15.9 Å². The molecule has 3 fully saturated rings. The average molecular weight is 717 g/mol. The summed E-state index contributed by atoms with van der Waals surface area (Å²) < 4.78 is 12.8. The van der Waals surface area contributed by atoms with Gasteiger partial charge in [-0.15, -0.1) is 13.2 Å². The molecule has 1 aromatic rings. The van der Waals surface area contributed by atoms with Crippen LogP contribution < -0.4 is 5.32 Å². The standard InChI is InChI=1S/C36H50BrN3O7/c1-4-7-13-20-39(19-6-3)34(44)32-36-23-26(37)31(47-36)29(30(36)33(43)40(32)21-14-10-15-22-41)35(45)46-27(25-16-11-9-12-17-25)24-38-28(42)18-8-5-2/h5-6,9,11-12,16-17,26-27,29-32,41H,2-4,7-8,10,13-15,18-24H2,1H3,(H,38,42)/t26?,27-,29+,30-,31+,32+,36-/m1/s1. The fourth-order valence-electron chi connectivity index (χ4n) is 7.30. The van der Waals surface area contributed by atoms with E-state index in [-0.39, 0.29) is 42.1 Å². The van der Waals surface area contributed by atoms with Crippen molar-refractivity contribution in [2.24, 2.45) is 11.8 Å². The lowest BCUT2D eigenvalue weighted by molar-refractivity contribution is -0.160. The van der Waals surface area contributed by atoms with E-state index in [4.69, 9.17) is 9.47 Å². The summed E-state index contributed by atoms with van der Waals surface area (Å²) in [6, 6.07) is 8.29. The Hall–Kier alpha value is -3.02. The smallest absolute Gasteiger partial charge is 0.313 e. The Labute approximate surface area is 287 Å². The molecule has 7 atom stereocenters. The van der Waals surface area contributed by atoms with E-state index < -0.39 is 41.7 Å². The van der Waals surface area contributed by atoms with Crippen molar-refractivity contribution in [1.29, 1.82) is 0 Å². The van der Waals surface area contributed by atoms with Gasteiger partial charge in [-0.1, -0.05) is 78.2 Å². The van der Waals surface area contributed by atoms with Crippen LogP contribution in [0.15, 0.2) is 55.6 Å². The Bertz CT molecular complexity index is 1260. The van der Waals surface area contributed by atoms with E-state index in [0.29, 0.717) is 57.3 Å². The number of carbonyl (C=O) groups is 4. The number of ether oxygens (including phenoxy) is 2. The molecule has 10 nitrogen and oxygen atoms in total. The molecule has 3 aliphatic heterocycles. The highest BCUT2D eigenvalue weighted by Gasteiger charge is 2.77. The molecule has 47 heavy (non-hydrogen) atoms. The molecule has 4 rings (SSSR count). The number of allylic oxidation sites excluding steroid dienone is 1. The summed E-state index contributed by atoms with van der Waals surface area (Å²) in [7, 11) is 0. The Morgan fingerprint density at radius 1 is 1.17 bits per heavy atom. The van der Waals surface area contributed by atoms with E-state index in [1.807, 2.05) is 30.3 Å².